The Balaban J connectivity index is 1.43. The van der Waals surface area contributed by atoms with Crippen molar-refractivity contribution in [2.24, 2.45) is 5.92 Å². The Morgan fingerprint density at radius 1 is 1.11 bits per heavy atom. The number of carbonyl (C=O) groups excluding carboxylic acids is 2. The van der Waals surface area contributed by atoms with Crippen LogP contribution in [-0.2, 0) is 9.59 Å². The fourth-order valence-electron chi connectivity index (χ4n) is 3.59. The summed E-state index contributed by atoms with van der Waals surface area (Å²) in [6.07, 6.45) is 2.06. The van der Waals surface area contributed by atoms with Gasteiger partial charge in [0.05, 0.1) is 5.92 Å². The monoisotopic (exact) mass is 364 g/mol. The molecule has 0 radical (unpaired) electrons. The highest BCUT2D eigenvalue weighted by Gasteiger charge is 2.44. The maximum Gasteiger partial charge on any atom is 0.307 e. The van der Waals surface area contributed by atoms with Gasteiger partial charge in [0.1, 0.15) is 0 Å². The lowest BCUT2D eigenvalue weighted by Crippen LogP contribution is -2.24. The van der Waals surface area contributed by atoms with Crippen molar-refractivity contribution in [2.75, 3.05) is 16.8 Å². The van der Waals surface area contributed by atoms with Crippen molar-refractivity contribution in [1.82, 2.24) is 0 Å². The number of amides is 2. The van der Waals surface area contributed by atoms with Gasteiger partial charge in [0, 0.05) is 29.9 Å². The Hall–Kier alpha value is -3.15. The quantitative estimate of drug-likeness (QED) is 0.853. The summed E-state index contributed by atoms with van der Waals surface area (Å²) in [5, 5.41) is 11.9. The van der Waals surface area contributed by atoms with E-state index in [4.69, 9.17) is 5.11 Å². The molecule has 2 atom stereocenters. The molecule has 6 nitrogen and oxygen atoms in total. The molecule has 2 fully saturated rings. The third kappa shape index (κ3) is 3.56. The fourth-order valence-corrected chi connectivity index (χ4v) is 3.59. The van der Waals surface area contributed by atoms with Crippen LogP contribution in [0.25, 0.3) is 0 Å². The van der Waals surface area contributed by atoms with E-state index in [0.717, 1.165) is 17.7 Å². The standard InChI is InChI=1S/C21H20N2O4/c24-19-5-2-10-23(19)16-4-1-3-14(11-16)20(25)22-15-8-6-13(7-9-15)17-12-18(17)21(26)27/h1,3-4,6-9,11,17-18H,2,5,10,12H2,(H,22,25)(H,26,27)/t17-,18+/m0/s1. The Labute approximate surface area is 156 Å². The lowest BCUT2D eigenvalue weighted by atomic mass is 10.1. The number of rotatable bonds is 5. The van der Waals surface area contributed by atoms with Crippen molar-refractivity contribution in [3.8, 4) is 0 Å². The zero-order chi connectivity index (χ0) is 19.0. The first kappa shape index (κ1) is 17.3. The van der Waals surface area contributed by atoms with E-state index in [2.05, 4.69) is 5.32 Å². The molecule has 2 aromatic carbocycles. The van der Waals surface area contributed by atoms with Gasteiger partial charge in [-0.2, -0.15) is 0 Å². The summed E-state index contributed by atoms with van der Waals surface area (Å²) in [7, 11) is 0. The van der Waals surface area contributed by atoms with E-state index in [0.29, 0.717) is 30.6 Å². The first-order valence-corrected chi connectivity index (χ1v) is 9.07. The first-order chi connectivity index (χ1) is 13.0. The highest BCUT2D eigenvalue weighted by molar-refractivity contribution is 6.05. The molecule has 1 aliphatic carbocycles. The van der Waals surface area contributed by atoms with Crippen LogP contribution in [0.4, 0.5) is 11.4 Å². The largest absolute Gasteiger partial charge is 0.481 e. The predicted octanol–water partition coefficient (Wildman–Crippen LogP) is 3.25. The third-order valence-electron chi connectivity index (χ3n) is 5.20. The molecule has 2 N–H and O–H groups in total. The summed E-state index contributed by atoms with van der Waals surface area (Å²) < 4.78 is 0. The first-order valence-electron chi connectivity index (χ1n) is 9.07. The summed E-state index contributed by atoms with van der Waals surface area (Å²) in [6.45, 7) is 0.684. The molecule has 0 unspecified atom stereocenters. The second-order valence-corrected chi connectivity index (χ2v) is 7.06. The van der Waals surface area contributed by atoms with Crippen molar-refractivity contribution in [2.45, 2.75) is 25.2 Å². The topological polar surface area (TPSA) is 86.7 Å². The number of nitrogens with zero attached hydrogens (tertiary/aromatic N) is 1. The highest BCUT2D eigenvalue weighted by atomic mass is 16.4. The number of hydrogen-bond donors (Lipinski definition) is 2. The van der Waals surface area contributed by atoms with E-state index in [-0.39, 0.29) is 23.7 Å². The Morgan fingerprint density at radius 2 is 1.89 bits per heavy atom. The van der Waals surface area contributed by atoms with Crippen molar-refractivity contribution in [1.29, 1.82) is 0 Å². The van der Waals surface area contributed by atoms with E-state index in [9.17, 15) is 14.4 Å². The number of carbonyl (C=O) groups is 3. The van der Waals surface area contributed by atoms with Crippen molar-refractivity contribution in [3.05, 3.63) is 59.7 Å². The molecule has 0 aromatic heterocycles. The zero-order valence-corrected chi connectivity index (χ0v) is 14.7. The van der Waals surface area contributed by atoms with Crippen LogP contribution in [0.15, 0.2) is 48.5 Å². The number of hydrogen-bond acceptors (Lipinski definition) is 3. The summed E-state index contributed by atoms with van der Waals surface area (Å²) in [5.74, 6) is -1.13. The van der Waals surface area contributed by atoms with Crippen LogP contribution >= 0.6 is 0 Å². The van der Waals surface area contributed by atoms with Crippen LogP contribution in [0, 0.1) is 5.92 Å². The molecule has 27 heavy (non-hydrogen) atoms. The average Bonchev–Trinajstić information content (AvgIpc) is 3.37. The fraction of sp³-hybridized carbons (Fsp3) is 0.286. The number of carboxylic acid groups (broad SMARTS) is 1. The minimum Gasteiger partial charge on any atom is -0.481 e. The van der Waals surface area contributed by atoms with Gasteiger partial charge in [-0.3, -0.25) is 14.4 Å². The summed E-state index contributed by atoms with van der Waals surface area (Å²) >= 11 is 0. The molecule has 138 valence electrons. The molecule has 2 amide bonds. The molecule has 0 bridgehead atoms. The predicted molar refractivity (Wildman–Crippen MR) is 101 cm³/mol. The van der Waals surface area contributed by atoms with E-state index in [1.807, 2.05) is 18.2 Å². The van der Waals surface area contributed by atoms with Gasteiger partial charge in [0.15, 0.2) is 0 Å². The number of aliphatic carboxylic acids is 1. The van der Waals surface area contributed by atoms with E-state index >= 15 is 0 Å². The van der Waals surface area contributed by atoms with Gasteiger partial charge in [0.2, 0.25) is 5.91 Å². The molecule has 2 aromatic rings. The second kappa shape index (κ2) is 6.87. The molecule has 4 rings (SSSR count). The Kier molecular flexibility index (Phi) is 4.39. The van der Waals surface area contributed by atoms with Crippen molar-refractivity contribution in [3.63, 3.8) is 0 Å². The minimum atomic E-state index is -0.756. The van der Waals surface area contributed by atoms with Gasteiger partial charge in [-0.05, 0) is 54.7 Å². The van der Waals surface area contributed by atoms with E-state index in [1.165, 1.54) is 0 Å². The van der Waals surface area contributed by atoms with Gasteiger partial charge < -0.3 is 15.3 Å². The molecular weight excluding hydrogens is 344 g/mol. The lowest BCUT2D eigenvalue weighted by molar-refractivity contribution is -0.138. The molecule has 1 saturated carbocycles. The van der Waals surface area contributed by atoms with Crippen LogP contribution in [0.2, 0.25) is 0 Å². The van der Waals surface area contributed by atoms with Crippen molar-refractivity contribution >= 4 is 29.2 Å². The van der Waals surface area contributed by atoms with Crippen LogP contribution in [0.5, 0.6) is 0 Å². The third-order valence-corrected chi connectivity index (χ3v) is 5.20. The number of anilines is 2. The van der Waals surface area contributed by atoms with Crippen LogP contribution in [0.3, 0.4) is 0 Å². The van der Waals surface area contributed by atoms with E-state index < -0.39 is 5.97 Å². The Morgan fingerprint density at radius 3 is 2.52 bits per heavy atom. The number of benzene rings is 2. The number of nitrogens with one attached hydrogen (secondary N) is 1. The summed E-state index contributed by atoms with van der Waals surface area (Å²) in [4.78, 5) is 37.1. The van der Waals surface area contributed by atoms with Gasteiger partial charge in [-0.25, -0.2) is 0 Å². The van der Waals surface area contributed by atoms with Gasteiger partial charge >= 0.3 is 5.97 Å². The van der Waals surface area contributed by atoms with Crippen LogP contribution in [-0.4, -0.2) is 29.4 Å². The normalized spacial score (nSPS) is 21.2. The van der Waals surface area contributed by atoms with Gasteiger partial charge in [0.25, 0.3) is 5.91 Å². The summed E-state index contributed by atoms with van der Waals surface area (Å²) in [6, 6.07) is 14.4. The number of carboxylic acids is 1. The molecule has 1 saturated heterocycles. The second-order valence-electron chi connectivity index (χ2n) is 7.06. The lowest BCUT2D eigenvalue weighted by Gasteiger charge is -2.16. The van der Waals surface area contributed by atoms with Crippen molar-refractivity contribution < 1.29 is 19.5 Å². The van der Waals surface area contributed by atoms with Gasteiger partial charge in [-0.1, -0.05) is 18.2 Å². The molecule has 1 heterocycles. The molecular formula is C21H20N2O4. The van der Waals surface area contributed by atoms with E-state index in [1.54, 1.807) is 35.2 Å². The average molecular weight is 364 g/mol. The molecule has 1 aliphatic heterocycles. The molecule has 0 spiro atoms. The smallest absolute Gasteiger partial charge is 0.307 e. The SMILES string of the molecule is O=C(Nc1ccc([C@@H]2C[C@H]2C(=O)O)cc1)c1cccc(N2CCCC2=O)c1. The maximum atomic E-state index is 12.5. The maximum absolute atomic E-state index is 12.5. The highest BCUT2D eigenvalue weighted by Crippen LogP contribution is 2.47. The summed E-state index contributed by atoms with van der Waals surface area (Å²) in [5.41, 5.74) is 2.87. The molecule has 6 heteroatoms. The Bertz CT molecular complexity index is 907. The van der Waals surface area contributed by atoms with Gasteiger partial charge in [-0.15, -0.1) is 0 Å². The molecule has 2 aliphatic rings. The zero-order valence-electron chi connectivity index (χ0n) is 14.7. The minimum absolute atomic E-state index is 0.0712. The van der Waals surface area contributed by atoms with Crippen LogP contribution < -0.4 is 10.2 Å². The van der Waals surface area contributed by atoms with Crippen LogP contribution in [0.1, 0.15) is 41.1 Å².